The molecule has 0 radical (unpaired) electrons. The molecule has 1 N–H and O–H groups in total. The molecule has 0 aromatic carbocycles. The highest BCUT2D eigenvalue weighted by Crippen LogP contribution is 1.71. The van der Waals surface area contributed by atoms with Gasteiger partial charge in [0.05, 0.1) is 19.6 Å². The monoisotopic (exact) mass is 427 g/mol. The summed E-state index contributed by atoms with van der Waals surface area (Å²) < 4.78 is 1.22. The van der Waals surface area contributed by atoms with Crippen molar-refractivity contribution in [1.29, 1.82) is 0 Å². The average Bonchev–Trinajstić information content (AvgIpc) is 2.07. The van der Waals surface area contributed by atoms with Crippen molar-refractivity contribution in [3.05, 3.63) is 0 Å². The van der Waals surface area contributed by atoms with Gasteiger partial charge in [-0.15, -0.1) is 0 Å². The maximum Gasteiger partial charge on any atom is 0.0768 e. The number of rotatable bonds is 6. The molecule has 90 valence electrons. The Morgan fingerprint density at radius 2 is 1.00 bits per heavy atom. The third-order valence-electron chi connectivity index (χ3n) is 1.81. The van der Waals surface area contributed by atoms with Crippen molar-refractivity contribution in [3.8, 4) is 0 Å². The Kier molecular flexibility index (Phi) is 29.6. The molecule has 0 aliphatic carbocycles. The molecule has 0 heterocycles. The van der Waals surface area contributed by atoms with Crippen LogP contribution in [0.2, 0.25) is 0 Å². The van der Waals surface area contributed by atoms with E-state index in [2.05, 4.69) is 50.3 Å². The fraction of sp³-hybridized carbons (Fsp3) is 1.00. The van der Waals surface area contributed by atoms with Gasteiger partial charge in [-0.25, -0.2) is 0 Å². The standard InChI is InChI=1S/C9H21N.C2H5I.HI/c1-4-7-10(8-5-2)9-6-3;1-2-3;/h4-9H2,1-3H3;2H2,1H3;1H. The zero-order chi connectivity index (χ0) is 10.5. The Labute approximate surface area is 122 Å². The van der Waals surface area contributed by atoms with E-state index in [1.807, 2.05) is 0 Å². The summed E-state index contributed by atoms with van der Waals surface area (Å²) in [6.07, 6.45) is 3.99. The summed E-state index contributed by atoms with van der Waals surface area (Å²) >= 11 is 2.29. The third kappa shape index (κ3) is 19.1. The highest BCUT2D eigenvalue weighted by Gasteiger charge is 2.01. The van der Waals surface area contributed by atoms with Gasteiger partial charge in [-0.2, -0.15) is 0 Å². The highest BCUT2D eigenvalue weighted by molar-refractivity contribution is 14.1. The molecule has 0 rings (SSSR count). The van der Waals surface area contributed by atoms with Gasteiger partial charge in [0.25, 0.3) is 0 Å². The van der Waals surface area contributed by atoms with Crippen LogP contribution in [0.15, 0.2) is 0 Å². The lowest BCUT2D eigenvalue weighted by Crippen LogP contribution is -3.11. The predicted octanol–water partition coefficient (Wildman–Crippen LogP) is -0.453. The molecule has 0 fully saturated rings. The Hall–Kier alpha value is 1.42. The Balaban J connectivity index is -0.000000267. The molecule has 0 aromatic rings. The van der Waals surface area contributed by atoms with Crippen LogP contribution < -0.4 is 28.9 Å². The summed E-state index contributed by atoms with van der Waals surface area (Å²) in [6, 6.07) is 0. The highest BCUT2D eigenvalue weighted by atomic mass is 127. The number of hydrogen-bond donors (Lipinski definition) is 1. The average molecular weight is 427 g/mol. The van der Waals surface area contributed by atoms with E-state index < -0.39 is 0 Å². The first-order valence-corrected chi connectivity index (χ1v) is 7.18. The summed E-state index contributed by atoms with van der Waals surface area (Å²) in [5, 5.41) is 0. The zero-order valence-corrected chi connectivity index (χ0v) is 14.5. The summed E-state index contributed by atoms with van der Waals surface area (Å²) in [6.45, 7) is 13.0. The van der Waals surface area contributed by atoms with E-state index >= 15 is 0 Å². The molecule has 0 aliphatic heterocycles. The molecular formula is C11H27I2N. The Morgan fingerprint density at radius 1 is 0.786 bits per heavy atom. The van der Waals surface area contributed by atoms with Crippen molar-refractivity contribution >= 4 is 22.6 Å². The van der Waals surface area contributed by atoms with E-state index in [9.17, 15) is 0 Å². The molecule has 0 spiro atoms. The second-order valence-electron chi connectivity index (χ2n) is 3.27. The van der Waals surface area contributed by atoms with Crippen LogP contribution in [-0.2, 0) is 0 Å². The van der Waals surface area contributed by atoms with Crippen molar-refractivity contribution in [1.82, 2.24) is 0 Å². The Morgan fingerprint density at radius 3 is 1.14 bits per heavy atom. The lowest BCUT2D eigenvalue weighted by atomic mass is 10.3. The molecular weight excluding hydrogens is 400 g/mol. The molecule has 0 unspecified atom stereocenters. The van der Waals surface area contributed by atoms with Crippen molar-refractivity contribution in [3.63, 3.8) is 0 Å². The Bertz CT molecular complexity index is 65.4. The molecule has 0 saturated carbocycles. The first-order chi connectivity index (χ1) is 6.26. The van der Waals surface area contributed by atoms with Crippen molar-refractivity contribution in [2.75, 3.05) is 24.1 Å². The minimum Gasteiger partial charge on any atom is -1.00 e. The van der Waals surface area contributed by atoms with Gasteiger partial charge in [0.15, 0.2) is 0 Å². The first kappa shape index (κ1) is 20.8. The molecule has 0 bridgehead atoms. The van der Waals surface area contributed by atoms with Crippen molar-refractivity contribution < 1.29 is 28.9 Å². The van der Waals surface area contributed by atoms with Crippen LogP contribution >= 0.6 is 22.6 Å². The number of nitrogens with one attached hydrogen (secondary N) is 1. The van der Waals surface area contributed by atoms with Gasteiger partial charge in [-0.05, 0) is 23.7 Å². The predicted molar refractivity (Wildman–Crippen MR) is 71.0 cm³/mol. The van der Waals surface area contributed by atoms with Gasteiger partial charge >= 0.3 is 0 Å². The lowest BCUT2D eigenvalue weighted by Gasteiger charge is -2.16. The number of alkyl halides is 1. The molecule has 0 saturated heterocycles. The van der Waals surface area contributed by atoms with Gasteiger partial charge in [0.1, 0.15) is 0 Å². The second-order valence-corrected chi connectivity index (χ2v) is 4.79. The van der Waals surface area contributed by atoms with Gasteiger partial charge in [-0.3, -0.25) is 0 Å². The second kappa shape index (κ2) is 19.9. The van der Waals surface area contributed by atoms with Crippen molar-refractivity contribution in [2.45, 2.75) is 47.0 Å². The maximum atomic E-state index is 2.29. The summed E-state index contributed by atoms with van der Waals surface area (Å²) in [5.74, 6) is 0. The quantitative estimate of drug-likeness (QED) is 0.433. The minimum atomic E-state index is 0. The lowest BCUT2D eigenvalue weighted by molar-refractivity contribution is -0.900. The molecule has 3 heteroatoms. The van der Waals surface area contributed by atoms with E-state index in [0.29, 0.717) is 0 Å². The van der Waals surface area contributed by atoms with Gasteiger partial charge in [0, 0.05) is 0 Å². The number of halogens is 2. The van der Waals surface area contributed by atoms with Crippen LogP contribution in [0.5, 0.6) is 0 Å². The van der Waals surface area contributed by atoms with Gasteiger partial charge in [0.2, 0.25) is 0 Å². The van der Waals surface area contributed by atoms with E-state index in [4.69, 9.17) is 0 Å². The number of hydrogen-bond acceptors (Lipinski definition) is 0. The normalized spacial score (nSPS) is 9.00. The van der Waals surface area contributed by atoms with Crippen LogP contribution in [0.3, 0.4) is 0 Å². The first-order valence-electron chi connectivity index (χ1n) is 5.66. The van der Waals surface area contributed by atoms with Crippen LogP contribution in [0, 0.1) is 0 Å². The summed E-state index contributed by atoms with van der Waals surface area (Å²) in [4.78, 5) is 1.78. The van der Waals surface area contributed by atoms with E-state index in [1.54, 1.807) is 4.90 Å². The number of quaternary nitrogens is 1. The fourth-order valence-electron chi connectivity index (χ4n) is 1.44. The fourth-order valence-corrected chi connectivity index (χ4v) is 1.44. The van der Waals surface area contributed by atoms with E-state index in [0.717, 1.165) is 0 Å². The van der Waals surface area contributed by atoms with Crippen LogP contribution in [0.25, 0.3) is 0 Å². The molecule has 1 nitrogen and oxygen atoms in total. The van der Waals surface area contributed by atoms with Crippen LogP contribution in [0.4, 0.5) is 0 Å². The van der Waals surface area contributed by atoms with Crippen LogP contribution in [0.1, 0.15) is 47.0 Å². The van der Waals surface area contributed by atoms with Gasteiger partial charge < -0.3 is 28.9 Å². The third-order valence-corrected chi connectivity index (χ3v) is 1.81. The summed E-state index contributed by atoms with van der Waals surface area (Å²) in [7, 11) is 0. The molecule has 0 aromatic heterocycles. The maximum absolute atomic E-state index is 2.29. The van der Waals surface area contributed by atoms with Crippen molar-refractivity contribution in [2.24, 2.45) is 0 Å². The molecule has 0 atom stereocenters. The minimum absolute atomic E-state index is 0. The molecule has 0 amide bonds. The topological polar surface area (TPSA) is 4.44 Å². The smallest absolute Gasteiger partial charge is 0.0768 e. The molecule has 0 aliphatic rings. The van der Waals surface area contributed by atoms with Gasteiger partial charge in [-0.1, -0.05) is 50.3 Å². The SMILES string of the molecule is CCC[NH+](CCC)CCC.CCI.[I-]. The summed E-state index contributed by atoms with van der Waals surface area (Å²) in [5.41, 5.74) is 0. The van der Waals surface area contributed by atoms with E-state index in [1.165, 1.54) is 43.3 Å². The van der Waals surface area contributed by atoms with E-state index in [-0.39, 0.29) is 24.0 Å². The van der Waals surface area contributed by atoms with Crippen LogP contribution in [-0.4, -0.2) is 24.1 Å². The molecule has 14 heavy (non-hydrogen) atoms. The zero-order valence-electron chi connectivity index (χ0n) is 10.2. The largest absolute Gasteiger partial charge is 1.00 e.